The van der Waals surface area contributed by atoms with Gasteiger partial charge in [0.15, 0.2) is 0 Å². The molecule has 0 saturated carbocycles. The molecule has 1 aromatic rings. The number of nitrogens with zero attached hydrogens (tertiary/aromatic N) is 2. The summed E-state index contributed by atoms with van der Waals surface area (Å²) in [5.74, 6) is -0.316. The number of piperazine rings is 1. The number of imide groups is 1. The molecule has 0 radical (unpaired) electrons. The second-order valence-corrected chi connectivity index (χ2v) is 5.76. The zero-order chi connectivity index (χ0) is 16.2. The van der Waals surface area contributed by atoms with Crippen LogP contribution in [-0.4, -0.2) is 55.0 Å². The Hall–Kier alpha value is -2.57. The van der Waals surface area contributed by atoms with E-state index in [1.165, 1.54) is 5.69 Å². The molecule has 2 aliphatic heterocycles. The second-order valence-electron chi connectivity index (χ2n) is 5.76. The molecule has 2 aliphatic rings. The normalized spacial score (nSPS) is 21.1. The number of anilines is 1. The monoisotopic (exact) mass is 316 g/mol. The van der Waals surface area contributed by atoms with E-state index in [0.717, 1.165) is 13.1 Å². The summed E-state index contributed by atoms with van der Waals surface area (Å²) in [6, 6.07) is 9.07. The van der Waals surface area contributed by atoms with E-state index in [0.29, 0.717) is 19.5 Å². The number of amides is 4. The van der Waals surface area contributed by atoms with Gasteiger partial charge in [-0.3, -0.25) is 14.9 Å². The number of hydrogen-bond donors (Lipinski definition) is 2. The predicted molar refractivity (Wildman–Crippen MR) is 84.9 cm³/mol. The molecule has 2 N–H and O–H groups in total. The molecule has 23 heavy (non-hydrogen) atoms. The first-order chi connectivity index (χ1) is 11.1. The van der Waals surface area contributed by atoms with Crippen molar-refractivity contribution in [3.8, 4) is 0 Å². The van der Waals surface area contributed by atoms with E-state index in [-0.39, 0.29) is 18.2 Å². The van der Waals surface area contributed by atoms with E-state index >= 15 is 0 Å². The Morgan fingerprint density at radius 2 is 1.78 bits per heavy atom. The van der Waals surface area contributed by atoms with Crippen molar-refractivity contribution in [2.45, 2.75) is 18.9 Å². The van der Waals surface area contributed by atoms with Crippen molar-refractivity contribution in [2.24, 2.45) is 0 Å². The highest BCUT2D eigenvalue weighted by molar-refractivity contribution is 6.04. The minimum Gasteiger partial charge on any atom is -0.368 e. The van der Waals surface area contributed by atoms with E-state index in [1.807, 2.05) is 23.1 Å². The van der Waals surface area contributed by atoms with Crippen molar-refractivity contribution < 1.29 is 14.4 Å². The highest BCUT2D eigenvalue weighted by Gasteiger charge is 2.30. The minimum absolute atomic E-state index is 0.0339. The summed E-state index contributed by atoms with van der Waals surface area (Å²) in [5, 5.41) is 4.69. The van der Waals surface area contributed by atoms with Crippen LogP contribution in [0.3, 0.4) is 0 Å². The summed E-state index contributed by atoms with van der Waals surface area (Å²) < 4.78 is 0. The largest absolute Gasteiger partial charge is 0.368 e. The number of para-hydroxylation sites is 1. The zero-order valence-corrected chi connectivity index (χ0v) is 12.8. The molecule has 4 amide bonds. The number of benzene rings is 1. The van der Waals surface area contributed by atoms with Gasteiger partial charge in [-0.05, 0) is 18.6 Å². The SMILES string of the molecule is O=C1NC(=O)[C@H](CCC(=O)N2CCN(c3ccccc3)CC2)N1. The Morgan fingerprint density at radius 3 is 2.39 bits per heavy atom. The molecule has 2 saturated heterocycles. The van der Waals surface area contributed by atoms with E-state index < -0.39 is 12.1 Å². The van der Waals surface area contributed by atoms with Gasteiger partial charge in [-0.2, -0.15) is 0 Å². The predicted octanol–water partition coefficient (Wildman–Crippen LogP) is 0.323. The molecule has 0 aromatic heterocycles. The van der Waals surface area contributed by atoms with Gasteiger partial charge in [0.2, 0.25) is 5.91 Å². The van der Waals surface area contributed by atoms with Gasteiger partial charge >= 0.3 is 6.03 Å². The first kappa shape index (κ1) is 15.3. The van der Waals surface area contributed by atoms with Crippen molar-refractivity contribution in [1.29, 1.82) is 0 Å². The van der Waals surface area contributed by atoms with Gasteiger partial charge in [-0.25, -0.2) is 4.79 Å². The van der Waals surface area contributed by atoms with Crippen LogP contribution in [0.1, 0.15) is 12.8 Å². The van der Waals surface area contributed by atoms with Crippen LogP contribution < -0.4 is 15.5 Å². The van der Waals surface area contributed by atoms with Gasteiger partial charge in [-0.15, -0.1) is 0 Å². The standard InChI is InChI=1S/C16H20N4O3/c21-14(7-6-13-15(22)18-16(23)17-13)20-10-8-19(9-11-20)12-4-2-1-3-5-12/h1-5,13H,6-11H2,(H2,17,18,22,23)/t13-/m0/s1. The van der Waals surface area contributed by atoms with E-state index in [4.69, 9.17) is 0 Å². The Labute approximate surface area is 134 Å². The molecule has 122 valence electrons. The van der Waals surface area contributed by atoms with Crippen LogP contribution in [0.15, 0.2) is 30.3 Å². The molecule has 2 fully saturated rings. The van der Waals surface area contributed by atoms with Crippen molar-refractivity contribution in [1.82, 2.24) is 15.5 Å². The fraction of sp³-hybridized carbons (Fsp3) is 0.438. The maximum absolute atomic E-state index is 12.2. The van der Waals surface area contributed by atoms with Gasteiger partial charge in [0.05, 0.1) is 0 Å². The van der Waals surface area contributed by atoms with Crippen molar-refractivity contribution >= 4 is 23.5 Å². The molecule has 2 heterocycles. The Balaban J connectivity index is 1.45. The fourth-order valence-electron chi connectivity index (χ4n) is 2.94. The first-order valence-corrected chi connectivity index (χ1v) is 7.82. The van der Waals surface area contributed by atoms with Crippen LogP contribution in [0.4, 0.5) is 10.5 Å². The van der Waals surface area contributed by atoms with Crippen LogP contribution in [0, 0.1) is 0 Å². The molecular formula is C16H20N4O3. The second kappa shape index (κ2) is 6.68. The number of urea groups is 1. The van der Waals surface area contributed by atoms with Gasteiger partial charge < -0.3 is 15.1 Å². The van der Waals surface area contributed by atoms with E-state index in [1.54, 1.807) is 0 Å². The smallest absolute Gasteiger partial charge is 0.322 e. The molecule has 0 bridgehead atoms. The van der Waals surface area contributed by atoms with Crippen molar-refractivity contribution in [3.05, 3.63) is 30.3 Å². The lowest BCUT2D eigenvalue weighted by molar-refractivity contribution is -0.131. The average molecular weight is 316 g/mol. The van der Waals surface area contributed by atoms with Crippen LogP contribution >= 0.6 is 0 Å². The lowest BCUT2D eigenvalue weighted by Crippen LogP contribution is -2.49. The third-order valence-electron chi connectivity index (χ3n) is 4.26. The summed E-state index contributed by atoms with van der Waals surface area (Å²) in [6.07, 6.45) is 0.610. The number of nitrogens with one attached hydrogen (secondary N) is 2. The van der Waals surface area contributed by atoms with Gasteiger partial charge in [-0.1, -0.05) is 18.2 Å². The molecule has 7 nitrogen and oxygen atoms in total. The van der Waals surface area contributed by atoms with Crippen LogP contribution in [-0.2, 0) is 9.59 Å². The summed E-state index contributed by atoms with van der Waals surface area (Å²) >= 11 is 0. The lowest BCUT2D eigenvalue weighted by Gasteiger charge is -2.36. The highest BCUT2D eigenvalue weighted by atomic mass is 16.2. The molecule has 1 atom stereocenters. The third kappa shape index (κ3) is 3.61. The number of carbonyl (C=O) groups excluding carboxylic acids is 3. The molecule has 3 rings (SSSR count). The first-order valence-electron chi connectivity index (χ1n) is 7.82. The quantitative estimate of drug-likeness (QED) is 0.784. The summed E-state index contributed by atoms with van der Waals surface area (Å²) in [7, 11) is 0. The minimum atomic E-state index is -0.586. The van der Waals surface area contributed by atoms with E-state index in [9.17, 15) is 14.4 Å². The van der Waals surface area contributed by atoms with Crippen molar-refractivity contribution in [2.75, 3.05) is 31.1 Å². The Bertz CT molecular complexity index is 597. The van der Waals surface area contributed by atoms with Gasteiger partial charge in [0.1, 0.15) is 6.04 Å². The summed E-state index contributed by atoms with van der Waals surface area (Å²) in [4.78, 5) is 38.8. The molecular weight excluding hydrogens is 296 g/mol. The summed E-state index contributed by atoms with van der Waals surface area (Å²) in [6.45, 7) is 2.96. The molecule has 0 aliphatic carbocycles. The maximum Gasteiger partial charge on any atom is 0.322 e. The molecule has 7 heteroatoms. The number of hydrogen-bond acceptors (Lipinski definition) is 4. The Morgan fingerprint density at radius 1 is 1.09 bits per heavy atom. The topological polar surface area (TPSA) is 81.8 Å². The number of rotatable bonds is 4. The average Bonchev–Trinajstić information content (AvgIpc) is 2.91. The molecule has 1 aromatic carbocycles. The zero-order valence-electron chi connectivity index (χ0n) is 12.8. The van der Waals surface area contributed by atoms with E-state index in [2.05, 4.69) is 27.7 Å². The summed E-state index contributed by atoms with van der Waals surface area (Å²) in [5.41, 5.74) is 1.17. The van der Waals surface area contributed by atoms with Gasteiger partial charge in [0, 0.05) is 38.3 Å². The lowest BCUT2D eigenvalue weighted by atomic mass is 10.1. The maximum atomic E-state index is 12.2. The molecule has 0 spiro atoms. The fourth-order valence-corrected chi connectivity index (χ4v) is 2.94. The van der Waals surface area contributed by atoms with Gasteiger partial charge in [0.25, 0.3) is 5.91 Å². The van der Waals surface area contributed by atoms with Crippen LogP contribution in [0.2, 0.25) is 0 Å². The van der Waals surface area contributed by atoms with Crippen LogP contribution in [0.5, 0.6) is 0 Å². The van der Waals surface area contributed by atoms with Crippen molar-refractivity contribution in [3.63, 3.8) is 0 Å². The Kier molecular flexibility index (Phi) is 4.45. The third-order valence-corrected chi connectivity index (χ3v) is 4.26. The number of carbonyl (C=O) groups is 3. The highest BCUT2D eigenvalue weighted by Crippen LogP contribution is 2.16. The van der Waals surface area contributed by atoms with Crippen LogP contribution in [0.25, 0.3) is 0 Å². The molecule has 0 unspecified atom stereocenters.